The van der Waals surface area contributed by atoms with Gasteiger partial charge in [-0.2, -0.15) is 0 Å². The fraction of sp³-hybridized carbons (Fsp3) is 0.324. The molecule has 1 fully saturated rings. The lowest BCUT2D eigenvalue weighted by molar-refractivity contribution is -0.111. The van der Waals surface area contributed by atoms with Gasteiger partial charge in [-0.25, -0.2) is 4.79 Å². The Hall–Kier alpha value is -5.03. The summed E-state index contributed by atoms with van der Waals surface area (Å²) < 4.78 is 8.43. The van der Waals surface area contributed by atoms with E-state index in [9.17, 15) is 14.4 Å². The van der Waals surface area contributed by atoms with Gasteiger partial charge in [-0.3, -0.25) is 18.9 Å². The van der Waals surface area contributed by atoms with E-state index in [-0.39, 0.29) is 17.0 Å². The van der Waals surface area contributed by atoms with Gasteiger partial charge in [0.2, 0.25) is 5.91 Å². The van der Waals surface area contributed by atoms with Crippen LogP contribution in [0.15, 0.2) is 72.9 Å². The molecule has 2 aromatic heterocycles. The highest BCUT2D eigenvalue weighted by atomic mass is 16.5. The van der Waals surface area contributed by atoms with Crippen molar-refractivity contribution in [3.8, 4) is 5.75 Å². The van der Waals surface area contributed by atoms with Crippen molar-refractivity contribution in [2.24, 2.45) is 5.73 Å². The number of nitrogens with two attached hydrogens (primary N) is 1. The molecule has 1 saturated heterocycles. The summed E-state index contributed by atoms with van der Waals surface area (Å²) >= 11 is 0. The molecule has 3 heterocycles. The van der Waals surface area contributed by atoms with Gasteiger partial charge in [-0.15, -0.1) is 10.2 Å². The van der Waals surface area contributed by atoms with Gasteiger partial charge >= 0.3 is 6.03 Å². The number of carbonyl (C=O) groups is 3. The molecule has 232 valence electrons. The Bertz CT molecular complexity index is 1820. The zero-order valence-electron chi connectivity index (χ0n) is 25.8. The van der Waals surface area contributed by atoms with E-state index < -0.39 is 23.6 Å². The normalized spacial score (nSPS) is 21.3. The Morgan fingerprint density at radius 2 is 1.91 bits per heavy atom. The average molecular weight is 608 g/mol. The molecule has 6 rings (SSSR count). The van der Waals surface area contributed by atoms with Crippen LogP contribution in [0.1, 0.15) is 78.6 Å². The van der Waals surface area contributed by atoms with Crippen LogP contribution in [0.25, 0.3) is 5.65 Å². The molecule has 0 bridgehead atoms. The molecule has 3 amide bonds. The molecule has 4 aromatic rings. The monoisotopic (exact) mass is 607 g/mol. The molecular formula is C34H37N7O4. The maximum atomic E-state index is 13.4. The average Bonchev–Trinajstić information content (AvgIpc) is 3.62. The summed E-state index contributed by atoms with van der Waals surface area (Å²) in [6.07, 6.45) is 7.61. The second-order valence-corrected chi connectivity index (χ2v) is 12.8. The topological polar surface area (TPSA) is 144 Å². The number of benzene rings is 2. The van der Waals surface area contributed by atoms with Crippen molar-refractivity contribution in [3.63, 3.8) is 0 Å². The number of hydrogen-bond donors (Lipinski definition) is 3. The van der Waals surface area contributed by atoms with Crippen molar-refractivity contribution in [3.05, 3.63) is 101 Å². The summed E-state index contributed by atoms with van der Waals surface area (Å²) in [5.74, 6) is 0.887. The van der Waals surface area contributed by atoms with Gasteiger partial charge in [0.1, 0.15) is 17.4 Å². The molecule has 2 aliphatic rings. The van der Waals surface area contributed by atoms with E-state index in [1.54, 1.807) is 30.4 Å². The van der Waals surface area contributed by atoms with Crippen molar-refractivity contribution in [1.29, 1.82) is 0 Å². The second kappa shape index (κ2) is 11.5. The quantitative estimate of drug-likeness (QED) is 0.202. The zero-order chi connectivity index (χ0) is 31.9. The number of anilines is 1. The standard InChI is InChI=1S/C34H37N7O4/c1-33(2,3)22-16-21(30(35)43)17-23(18-22)36-32(44)37-34(20-42)14-13-28(25-8-5-6-9-26(25)34)45-24-11-12-29-38-39-31(41(29)19-24)27-10-7-15-40(27)4/h5-6,8-9,11-14,16-20,27-28H,7,10,15H2,1-4H3,(H2,35,43)(H2,36,37,44)/t27-,28+,34+/m0/s1. The Balaban J connectivity index is 1.26. The molecule has 4 N–H and O–H groups in total. The highest BCUT2D eigenvalue weighted by Crippen LogP contribution is 2.38. The van der Waals surface area contributed by atoms with Crippen molar-refractivity contribution < 1.29 is 19.1 Å². The molecule has 0 unspecified atom stereocenters. The number of aromatic nitrogens is 3. The third kappa shape index (κ3) is 5.78. The van der Waals surface area contributed by atoms with E-state index in [4.69, 9.17) is 10.5 Å². The lowest BCUT2D eigenvalue weighted by Crippen LogP contribution is -2.49. The minimum absolute atomic E-state index is 0.189. The fourth-order valence-electron chi connectivity index (χ4n) is 6.09. The third-order valence-corrected chi connectivity index (χ3v) is 8.58. The number of nitrogens with one attached hydrogen (secondary N) is 2. The first-order chi connectivity index (χ1) is 21.5. The first kappa shape index (κ1) is 30.0. The lowest BCUT2D eigenvalue weighted by Gasteiger charge is -2.34. The first-order valence-corrected chi connectivity index (χ1v) is 15.0. The van der Waals surface area contributed by atoms with Gasteiger partial charge in [0.05, 0.1) is 12.2 Å². The molecule has 0 saturated carbocycles. The van der Waals surface area contributed by atoms with Crippen molar-refractivity contribution >= 4 is 29.6 Å². The molecule has 1 aliphatic carbocycles. The highest BCUT2D eigenvalue weighted by molar-refractivity contribution is 5.97. The second-order valence-electron chi connectivity index (χ2n) is 12.8. The van der Waals surface area contributed by atoms with Crippen LogP contribution in [0.5, 0.6) is 5.75 Å². The number of ether oxygens (including phenoxy) is 1. The van der Waals surface area contributed by atoms with Crippen molar-refractivity contribution in [2.45, 2.75) is 56.7 Å². The molecule has 11 nitrogen and oxygen atoms in total. The smallest absolute Gasteiger partial charge is 0.320 e. The summed E-state index contributed by atoms with van der Waals surface area (Å²) in [7, 11) is 2.09. The van der Waals surface area contributed by atoms with E-state index in [0.717, 1.165) is 42.0 Å². The zero-order valence-corrected chi connectivity index (χ0v) is 25.8. The number of fused-ring (bicyclic) bond motifs is 2. The number of likely N-dealkylation sites (tertiary alicyclic amines) is 1. The largest absolute Gasteiger partial charge is 0.480 e. The van der Waals surface area contributed by atoms with Gasteiger partial charge in [-0.05, 0) is 85.5 Å². The first-order valence-electron chi connectivity index (χ1n) is 15.0. The van der Waals surface area contributed by atoms with Gasteiger partial charge in [0, 0.05) is 16.8 Å². The Morgan fingerprint density at radius 1 is 1.11 bits per heavy atom. The van der Waals surface area contributed by atoms with E-state index in [1.165, 1.54) is 6.07 Å². The summed E-state index contributed by atoms with van der Waals surface area (Å²) in [5, 5.41) is 14.4. The van der Waals surface area contributed by atoms with Crippen LogP contribution < -0.4 is 21.1 Å². The molecule has 0 spiro atoms. The SMILES string of the molecule is CN1CCC[C@H]1c1nnc2ccc(O[C@@H]3C=C[C@](C=O)(NC(=O)Nc4cc(C(N)=O)cc(C(C)(C)C)c4)c4ccccc43)cn12. The lowest BCUT2D eigenvalue weighted by atomic mass is 9.81. The molecule has 0 radical (unpaired) electrons. The number of amides is 3. The Kier molecular flexibility index (Phi) is 7.65. The number of urea groups is 1. The van der Waals surface area contributed by atoms with Crippen LogP contribution in [-0.4, -0.2) is 51.3 Å². The summed E-state index contributed by atoms with van der Waals surface area (Å²) in [6.45, 7) is 7.01. The predicted molar refractivity (Wildman–Crippen MR) is 170 cm³/mol. The van der Waals surface area contributed by atoms with E-state index in [0.29, 0.717) is 23.3 Å². The van der Waals surface area contributed by atoms with Crippen molar-refractivity contribution in [2.75, 3.05) is 18.9 Å². The van der Waals surface area contributed by atoms with Crippen LogP contribution in [0, 0.1) is 0 Å². The fourth-order valence-corrected chi connectivity index (χ4v) is 6.09. The summed E-state index contributed by atoms with van der Waals surface area (Å²) in [5.41, 5.74) is 7.36. The Labute approximate surface area is 261 Å². The number of rotatable bonds is 7. The number of carbonyl (C=O) groups excluding carboxylic acids is 3. The minimum atomic E-state index is -1.45. The van der Waals surface area contributed by atoms with E-state index >= 15 is 0 Å². The van der Waals surface area contributed by atoms with Gasteiger partial charge in [0.15, 0.2) is 17.8 Å². The van der Waals surface area contributed by atoms with Crippen LogP contribution in [0.2, 0.25) is 0 Å². The van der Waals surface area contributed by atoms with Crippen LogP contribution in [-0.2, 0) is 15.7 Å². The highest BCUT2D eigenvalue weighted by Gasteiger charge is 2.38. The number of nitrogens with zero attached hydrogens (tertiary/aromatic N) is 4. The molecule has 1 aliphatic heterocycles. The van der Waals surface area contributed by atoms with Crippen molar-refractivity contribution in [1.82, 2.24) is 24.8 Å². The van der Waals surface area contributed by atoms with Gasteiger partial charge in [0.25, 0.3) is 0 Å². The van der Waals surface area contributed by atoms with Gasteiger partial charge < -0.3 is 21.1 Å². The molecule has 45 heavy (non-hydrogen) atoms. The summed E-state index contributed by atoms with van der Waals surface area (Å²) in [4.78, 5) is 40.3. The molecule has 11 heteroatoms. The molecule has 3 atom stereocenters. The van der Waals surface area contributed by atoms with E-state index in [2.05, 4.69) is 32.8 Å². The maximum Gasteiger partial charge on any atom is 0.320 e. The number of aldehydes is 1. The van der Waals surface area contributed by atoms with Crippen LogP contribution in [0.3, 0.4) is 0 Å². The van der Waals surface area contributed by atoms with Crippen LogP contribution >= 0.6 is 0 Å². The number of hydrogen-bond acceptors (Lipinski definition) is 7. The number of pyridine rings is 1. The maximum absolute atomic E-state index is 13.4. The molecule has 2 aromatic carbocycles. The summed E-state index contributed by atoms with van der Waals surface area (Å²) in [6, 6.07) is 15.7. The predicted octanol–water partition coefficient (Wildman–Crippen LogP) is 4.80. The minimum Gasteiger partial charge on any atom is -0.480 e. The Morgan fingerprint density at radius 3 is 2.62 bits per heavy atom. The van der Waals surface area contributed by atoms with E-state index in [1.807, 2.05) is 61.7 Å². The van der Waals surface area contributed by atoms with Gasteiger partial charge in [-0.1, -0.05) is 45.0 Å². The number of primary amides is 1. The molecular weight excluding hydrogens is 570 g/mol. The van der Waals surface area contributed by atoms with Crippen LogP contribution in [0.4, 0.5) is 10.5 Å². The third-order valence-electron chi connectivity index (χ3n) is 8.58.